The van der Waals surface area contributed by atoms with Gasteiger partial charge in [0, 0.05) is 17.5 Å². The number of hydrogen-bond acceptors (Lipinski definition) is 7. The van der Waals surface area contributed by atoms with Gasteiger partial charge in [0.1, 0.15) is 11.2 Å². The van der Waals surface area contributed by atoms with E-state index in [1.807, 2.05) is 30.3 Å². The van der Waals surface area contributed by atoms with Gasteiger partial charge in [0.15, 0.2) is 5.58 Å². The number of anilines is 1. The first-order valence-corrected chi connectivity index (χ1v) is 9.13. The van der Waals surface area contributed by atoms with Gasteiger partial charge in [-0.2, -0.15) is 0 Å². The smallest absolute Gasteiger partial charge is 0.355 e. The summed E-state index contributed by atoms with van der Waals surface area (Å²) in [5.74, 6) is -0.819. The lowest BCUT2D eigenvalue weighted by atomic mass is 10.1. The number of hydrogen-bond donors (Lipinski definition) is 0. The number of benzene rings is 2. The summed E-state index contributed by atoms with van der Waals surface area (Å²) in [6, 6.07) is 14.9. The van der Waals surface area contributed by atoms with Gasteiger partial charge in [-0.3, -0.25) is 0 Å². The van der Waals surface area contributed by atoms with Gasteiger partial charge < -0.3 is 18.8 Å². The van der Waals surface area contributed by atoms with Crippen LogP contribution in [0.3, 0.4) is 0 Å². The average Bonchev–Trinajstić information content (AvgIpc) is 3.09. The molecule has 0 N–H and O–H groups in total. The molecule has 0 radical (unpaired) electrons. The van der Waals surface area contributed by atoms with Crippen LogP contribution in [-0.4, -0.2) is 31.1 Å². The minimum absolute atomic E-state index is 0.0421. The zero-order valence-corrected chi connectivity index (χ0v) is 16.4. The average molecular weight is 402 g/mol. The normalized spacial score (nSPS) is 13.5. The Balaban J connectivity index is 1.82. The number of allylic oxidation sites excluding steroid dienone is 2. The van der Waals surface area contributed by atoms with Crippen LogP contribution in [0.25, 0.3) is 22.6 Å². The molecule has 0 atom stereocenters. The molecule has 0 saturated heterocycles. The van der Waals surface area contributed by atoms with Gasteiger partial charge in [0.2, 0.25) is 5.89 Å². The molecular formula is C23H18N2O5. The molecular weight excluding hydrogens is 384 g/mol. The molecule has 1 aromatic heterocycles. The van der Waals surface area contributed by atoms with E-state index in [4.69, 9.17) is 13.9 Å². The zero-order chi connectivity index (χ0) is 21.1. The Labute approximate surface area is 172 Å². The van der Waals surface area contributed by atoms with E-state index in [0.29, 0.717) is 22.7 Å². The van der Waals surface area contributed by atoms with Crippen LogP contribution in [0.1, 0.15) is 0 Å². The number of rotatable bonds is 4. The first kappa shape index (κ1) is 19.2. The molecule has 30 heavy (non-hydrogen) atoms. The highest BCUT2D eigenvalue weighted by Crippen LogP contribution is 2.31. The van der Waals surface area contributed by atoms with E-state index in [0.717, 1.165) is 5.56 Å². The maximum absolute atomic E-state index is 12.6. The molecule has 0 aliphatic carbocycles. The van der Waals surface area contributed by atoms with E-state index < -0.39 is 11.9 Å². The quantitative estimate of drug-likeness (QED) is 0.611. The van der Waals surface area contributed by atoms with Gasteiger partial charge in [0.05, 0.1) is 19.8 Å². The molecule has 7 nitrogen and oxygen atoms in total. The largest absolute Gasteiger partial charge is 0.465 e. The van der Waals surface area contributed by atoms with Gasteiger partial charge >= 0.3 is 11.9 Å². The molecule has 150 valence electrons. The Morgan fingerprint density at radius 1 is 0.967 bits per heavy atom. The number of nitrogens with zero attached hydrogens (tertiary/aromatic N) is 2. The highest BCUT2D eigenvalue weighted by molar-refractivity contribution is 6.05. The van der Waals surface area contributed by atoms with Gasteiger partial charge in [0.25, 0.3) is 0 Å². The van der Waals surface area contributed by atoms with E-state index in [2.05, 4.69) is 4.98 Å². The standard InChI is InChI=1S/C23H18N2O5/c1-28-22(26)17-10-6-7-13-25(20(17)23(27)29-2)16-11-12-19-18(14-16)24-21(30-19)15-8-4-3-5-9-15/h3-14H,1-2H3. The van der Waals surface area contributed by atoms with Crippen molar-refractivity contribution in [3.05, 3.63) is 84.2 Å². The predicted octanol–water partition coefficient (Wildman–Crippen LogP) is 3.98. The van der Waals surface area contributed by atoms with Crippen molar-refractivity contribution in [3.63, 3.8) is 0 Å². The predicted molar refractivity (Wildman–Crippen MR) is 111 cm³/mol. The molecule has 0 saturated carbocycles. The summed E-state index contributed by atoms with van der Waals surface area (Å²) in [5.41, 5.74) is 2.81. The van der Waals surface area contributed by atoms with E-state index in [1.54, 1.807) is 41.5 Å². The lowest BCUT2D eigenvalue weighted by Gasteiger charge is -2.22. The van der Waals surface area contributed by atoms with Crippen LogP contribution in [0.4, 0.5) is 5.69 Å². The number of methoxy groups -OCH3 is 2. The Kier molecular flexibility index (Phi) is 5.17. The maximum atomic E-state index is 12.6. The maximum Gasteiger partial charge on any atom is 0.355 e. The lowest BCUT2D eigenvalue weighted by Crippen LogP contribution is -2.26. The highest BCUT2D eigenvalue weighted by Gasteiger charge is 2.27. The number of carbonyl (C=O) groups is 2. The Morgan fingerprint density at radius 3 is 2.47 bits per heavy atom. The number of ether oxygens (including phenoxy) is 2. The molecule has 7 heteroatoms. The SMILES string of the molecule is COC(=O)C1=C(C(=O)OC)N(c2ccc3oc(-c4ccccc4)nc3c2)C=CC=C1. The van der Waals surface area contributed by atoms with Crippen LogP contribution in [-0.2, 0) is 19.1 Å². The topological polar surface area (TPSA) is 81.9 Å². The Bertz CT molecular complexity index is 1200. The van der Waals surface area contributed by atoms with Crippen molar-refractivity contribution in [1.82, 2.24) is 4.98 Å². The number of oxazole rings is 1. The van der Waals surface area contributed by atoms with Crippen LogP contribution >= 0.6 is 0 Å². The van der Waals surface area contributed by atoms with Crippen molar-refractivity contribution in [1.29, 1.82) is 0 Å². The second kappa shape index (κ2) is 8.08. The van der Waals surface area contributed by atoms with Gasteiger partial charge in [-0.25, -0.2) is 14.6 Å². The molecule has 0 amide bonds. The fourth-order valence-corrected chi connectivity index (χ4v) is 3.14. The highest BCUT2D eigenvalue weighted by atomic mass is 16.5. The molecule has 3 aromatic rings. The summed E-state index contributed by atoms with van der Waals surface area (Å²) in [6.45, 7) is 0. The summed E-state index contributed by atoms with van der Waals surface area (Å²) in [5, 5.41) is 0. The monoisotopic (exact) mass is 402 g/mol. The first-order chi connectivity index (χ1) is 14.6. The Morgan fingerprint density at radius 2 is 1.73 bits per heavy atom. The summed E-state index contributed by atoms with van der Waals surface area (Å²) in [4.78, 5) is 31.0. The van der Waals surface area contributed by atoms with Gasteiger partial charge in [-0.05, 0) is 42.5 Å². The van der Waals surface area contributed by atoms with Crippen LogP contribution in [0.5, 0.6) is 0 Å². The molecule has 2 aromatic carbocycles. The van der Waals surface area contributed by atoms with Crippen LogP contribution in [0.15, 0.2) is 88.6 Å². The molecule has 0 fully saturated rings. The minimum atomic E-state index is -0.670. The summed E-state index contributed by atoms with van der Waals surface area (Å²) in [6.07, 6.45) is 6.54. The summed E-state index contributed by atoms with van der Waals surface area (Å²) < 4.78 is 15.6. The summed E-state index contributed by atoms with van der Waals surface area (Å²) in [7, 11) is 2.51. The fourth-order valence-electron chi connectivity index (χ4n) is 3.14. The van der Waals surface area contributed by atoms with Crippen LogP contribution in [0.2, 0.25) is 0 Å². The van der Waals surface area contributed by atoms with Crippen molar-refractivity contribution < 1.29 is 23.5 Å². The fraction of sp³-hybridized carbons (Fsp3) is 0.0870. The number of aromatic nitrogens is 1. The molecule has 0 spiro atoms. The van der Waals surface area contributed by atoms with Crippen LogP contribution < -0.4 is 4.90 Å². The van der Waals surface area contributed by atoms with E-state index in [-0.39, 0.29) is 11.3 Å². The van der Waals surface area contributed by atoms with E-state index in [9.17, 15) is 9.59 Å². The number of carbonyl (C=O) groups excluding carboxylic acids is 2. The van der Waals surface area contributed by atoms with Crippen molar-refractivity contribution in [2.24, 2.45) is 0 Å². The van der Waals surface area contributed by atoms with Crippen molar-refractivity contribution in [3.8, 4) is 11.5 Å². The van der Waals surface area contributed by atoms with Crippen LogP contribution in [0, 0.1) is 0 Å². The minimum Gasteiger partial charge on any atom is -0.465 e. The Hall–Kier alpha value is -4.13. The van der Waals surface area contributed by atoms with E-state index in [1.165, 1.54) is 20.3 Å². The number of fused-ring (bicyclic) bond motifs is 1. The van der Waals surface area contributed by atoms with E-state index >= 15 is 0 Å². The van der Waals surface area contributed by atoms with Crippen molar-refractivity contribution in [2.75, 3.05) is 19.1 Å². The van der Waals surface area contributed by atoms with Crippen molar-refractivity contribution in [2.45, 2.75) is 0 Å². The second-order valence-electron chi connectivity index (χ2n) is 6.35. The van der Waals surface area contributed by atoms with Crippen molar-refractivity contribution >= 4 is 28.7 Å². The molecule has 4 rings (SSSR count). The van der Waals surface area contributed by atoms with Gasteiger partial charge in [-0.15, -0.1) is 0 Å². The molecule has 0 unspecified atom stereocenters. The lowest BCUT2D eigenvalue weighted by molar-refractivity contribution is -0.139. The molecule has 2 heterocycles. The molecule has 1 aliphatic heterocycles. The zero-order valence-electron chi connectivity index (χ0n) is 16.4. The molecule has 1 aliphatic rings. The summed E-state index contributed by atoms with van der Waals surface area (Å²) >= 11 is 0. The van der Waals surface area contributed by atoms with Gasteiger partial charge in [-0.1, -0.05) is 24.3 Å². The first-order valence-electron chi connectivity index (χ1n) is 9.13. The number of esters is 2. The third-order valence-corrected chi connectivity index (χ3v) is 4.56. The third-order valence-electron chi connectivity index (χ3n) is 4.56. The third kappa shape index (κ3) is 3.48. The molecule has 0 bridgehead atoms. The second-order valence-corrected chi connectivity index (χ2v) is 6.35.